The fraction of sp³-hybridized carbons (Fsp3) is 0.833. The highest BCUT2D eigenvalue weighted by atomic mass is 16.2. The van der Waals surface area contributed by atoms with Crippen molar-refractivity contribution in [2.24, 2.45) is 5.92 Å². The molecule has 0 bridgehead atoms. The van der Waals surface area contributed by atoms with Crippen LogP contribution in [0.5, 0.6) is 0 Å². The van der Waals surface area contributed by atoms with Gasteiger partial charge in [-0.05, 0) is 18.8 Å². The van der Waals surface area contributed by atoms with Gasteiger partial charge in [-0.15, -0.1) is 0 Å². The van der Waals surface area contributed by atoms with Crippen molar-refractivity contribution < 1.29 is 9.59 Å². The van der Waals surface area contributed by atoms with Crippen LogP contribution in [0, 0.1) is 5.92 Å². The quantitative estimate of drug-likeness (QED) is 0.698. The third-order valence-electron chi connectivity index (χ3n) is 3.35. The van der Waals surface area contributed by atoms with Gasteiger partial charge < -0.3 is 9.80 Å². The summed E-state index contributed by atoms with van der Waals surface area (Å²) >= 11 is 0. The van der Waals surface area contributed by atoms with Crippen molar-refractivity contribution in [3.8, 4) is 0 Å². The summed E-state index contributed by atoms with van der Waals surface area (Å²) in [5, 5.41) is 0. The van der Waals surface area contributed by atoms with Crippen LogP contribution in [0.1, 0.15) is 33.1 Å². The Balaban J connectivity index is 2.13. The SMILES string of the molecule is CC(C)CN1CCC(=O)N2CCCC2C1=O. The Hall–Kier alpha value is -1.06. The van der Waals surface area contributed by atoms with Crippen LogP contribution in [-0.4, -0.2) is 47.3 Å². The Morgan fingerprint density at radius 1 is 1.31 bits per heavy atom. The molecule has 2 heterocycles. The molecule has 0 aromatic heterocycles. The molecule has 4 nitrogen and oxygen atoms in total. The first-order valence-electron chi connectivity index (χ1n) is 6.18. The van der Waals surface area contributed by atoms with E-state index in [4.69, 9.17) is 0 Å². The molecule has 0 N–H and O–H groups in total. The molecule has 1 atom stereocenters. The third-order valence-corrected chi connectivity index (χ3v) is 3.35. The zero-order valence-corrected chi connectivity index (χ0v) is 10.1. The maximum Gasteiger partial charge on any atom is 0.245 e. The Bertz CT molecular complexity index is 301. The van der Waals surface area contributed by atoms with Crippen LogP contribution in [-0.2, 0) is 9.59 Å². The highest BCUT2D eigenvalue weighted by Gasteiger charge is 2.39. The summed E-state index contributed by atoms with van der Waals surface area (Å²) in [5.41, 5.74) is 0. The van der Waals surface area contributed by atoms with Gasteiger partial charge in [0.1, 0.15) is 6.04 Å². The van der Waals surface area contributed by atoms with E-state index in [0.29, 0.717) is 18.9 Å². The Morgan fingerprint density at radius 2 is 2.06 bits per heavy atom. The molecule has 0 spiro atoms. The van der Waals surface area contributed by atoms with E-state index in [-0.39, 0.29) is 17.9 Å². The predicted octanol–water partition coefficient (Wildman–Crippen LogP) is 0.866. The molecular formula is C12H20N2O2. The van der Waals surface area contributed by atoms with Crippen LogP contribution in [0.3, 0.4) is 0 Å². The van der Waals surface area contributed by atoms with Gasteiger partial charge in [-0.1, -0.05) is 13.8 Å². The fourth-order valence-corrected chi connectivity index (χ4v) is 2.64. The minimum absolute atomic E-state index is 0.155. The summed E-state index contributed by atoms with van der Waals surface area (Å²) in [4.78, 5) is 27.7. The van der Waals surface area contributed by atoms with Crippen molar-refractivity contribution in [3.05, 3.63) is 0 Å². The summed E-state index contributed by atoms with van der Waals surface area (Å²) in [6.07, 6.45) is 2.31. The van der Waals surface area contributed by atoms with Crippen molar-refractivity contribution in [1.82, 2.24) is 9.80 Å². The van der Waals surface area contributed by atoms with Crippen molar-refractivity contribution in [2.45, 2.75) is 39.2 Å². The standard InChI is InChI=1S/C12H20N2O2/c1-9(2)8-13-7-5-11(15)14-6-3-4-10(14)12(13)16/h9-10H,3-8H2,1-2H3. The molecule has 2 aliphatic rings. The van der Waals surface area contributed by atoms with E-state index < -0.39 is 0 Å². The van der Waals surface area contributed by atoms with Gasteiger partial charge >= 0.3 is 0 Å². The molecule has 0 radical (unpaired) electrons. The van der Waals surface area contributed by atoms with Crippen molar-refractivity contribution in [2.75, 3.05) is 19.6 Å². The molecule has 0 aliphatic carbocycles. The number of hydrogen-bond donors (Lipinski definition) is 0. The molecule has 2 aliphatic heterocycles. The summed E-state index contributed by atoms with van der Waals surface area (Å²) in [7, 11) is 0. The first-order valence-corrected chi connectivity index (χ1v) is 6.18. The number of hydrogen-bond acceptors (Lipinski definition) is 2. The normalized spacial score (nSPS) is 26.3. The highest BCUT2D eigenvalue weighted by Crippen LogP contribution is 2.23. The van der Waals surface area contributed by atoms with Crippen LogP contribution in [0.15, 0.2) is 0 Å². The van der Waals surface area contributed by atoms with Gasteiger partial charge in [-0.2, -0.15) is 0 Å². The number of carbonyl (C=O) groups is 2. The molecule has 90 valence electrons. The van der Waals surface area contributed by atoms with Gasteiger partial charge in [0.25, 0.3) is 0 Å². The molecule has 0 aromatic rings. The Labute approximate surface area is 96.6 Å². The van der Waals surface area contributed by atoms with E-state index >= 15 is 0 Å². The summed E-state index contributed by atoms with van der Waals surface area (Å²) in [5.74, 6) is 0.783. The average Bonchev–Trinajstić information content (AvgIpc) is 2.67. The van der Waals surface area contributed by atoms with Gasteiger partial charge in [0.05, 0.1) is 0 Å². The first-order chi connectivity index (χ1) is 7.59. The number of amides is 2. The van der Waals surface area contributed by atoms with Crippen molar-refractivity contribution in [1.29, 1.82) is 0 Å². The van der Waals surface area contributed by atoms with Crippen LogP contribution >= 0.6 is 0 Å². The molecule has 2 saturated heterocycles. The van der Waals surface area contributed by atoms with E-state index in [1.54, 1.807) is 4.90 Å². The summed E-state index contributed by atoms with van der Waals surface area (Å²) < 4.78 is 0. The zero-order valence-electron chi connectivity index (χ0n) is 10.1. The zero-order chi connectivity index (χ0) is 11.7. The second-order valence-corrected chi connectivity index (χ2v) is 5.17. The Kier molecular flexibility index (Phi) is 3.17. The second-order valence-electron chi connectivity index (χ2n) is 5.17. The molecule has 2 rings (SSSR count). The molecular weight excluding hydrogens is 204 g/mol. The van der Waals surface area contributed by atoms with E-state index in [2.05, 4.69) is 13.8 Å². The highest BCUT2D eigenvalue weighted by molar-refractivity contribution is 5.90. The predicted molar refractivity (Wildman–Crippen MR) is 60.8 cm³/mol. The maximum absolute atomic E-state index is 12.2. The number of nitrogens with zero attached hydrogens (tertiary/aromatic N) is 2. The average molecular weight is 224 g/mol. The second kappa shape index (κ2) is 4.44. The monoisotopic (exact) mass is 224 g/mol. The summed E-state index contributed by atoms with van der Waals surface area (Å²) in [6.45, 7) is 6.35. The molecule has 1 unspecified atom stereocenters. The van der Waals surface area contributed by atoms with Crippen LogP contribution < -0.4 is 0 Å². The summed E-state index contributed by atoms with van der Waals surface area (Å²) in [6, 6.07) is -0.159. The first kappa shape index (κ1) is 11.4. The molecule has 16 heavy (non-hydrogen) atoms. The van der Waals surface area contributed by atoms with Crippen LogP contribution in [0.25, 0.3) is 0 Å². The minimum Gasteiger partial charge on any atom is -0.340 e. The maximum atomic E-state index is 12.2. The number of fused-ring (bicyclic) bond motifs is 1. The van der Waals surface area contributed by atoms with Crippen LogP contribution in [0.2, 0.25) is 0 Å². The lowest BCUT2D eigenvalue weighted by molar-refractivity contribution is -0.139. The van der Waals surface area contributed by atoms with Gasteiger partial charge in [-0.3, -0.25) is 9.59 Å². The van der Waals surface area contributed by atoms with Gasteiger partial charge in [0, 0.05) is 26.1 Å². The third kappa shape index (κ3) is 2.06. The largest absolute Gasteiger partial charge is 0.340 e. The lowest BCUT2D eigenvalue weighted by Crippen LogP contribution is -2.44. The lowest BCUT2D eigenvalue weighted by atomic mass is 10.1. The van der Waals surface area contributed by atoms with Crippen LogP contribution in [0.4, 0.5) is 0 Å². The minimum atomic E-state index is -0.159. The molecule has 0 saturated carbocycles. The van der Waals surface area contributed by atoms with E-state index in [9.17, 15) is 9.59 Å². The number of rotatable bonds is 2. The van der Waals surface area contributed by atoms with Crippen molar-refractivity contribution >= 4 is 11.8 Å². The molecule has 0 aromatic carbocycles. The van der Waals surface area contributed by atoms with E-state index in [0.717, 1.165) is 25.9 Å². The molecule has 2 amide bonds. The van der Waals surface area contributed by atoms with E-state index in [1.807, 2.05) is 4.90 Å². The Morgan fingerprint density at radius 3 is 2.75 bits per heavy atom. The lowest BCUT2D eigenvalue weighted by Gasteiger charge is -2.26. The molecule has 4 heteroatoms. The van der Waals surface area contributed by atoms with Gasteiger partial charge in [0.15, 0.2) is 0 Å². The fourth-order valence-electron chi connectivity index (χ4n) is 2.64. The smallest absolute Gasteiger partial charge is 0.245 e. The van der Waals surface area contributed by atoms with E-state index in [1.165, 1.54) is 0 Å². The van der Waals surface area contributed by atoms with Crippen molar-refractivity contribution in [3.63, 3.8) is 0 Å². The topological polar surface area (TPSA) is 40.6 Å². The van der Waals surface area contributed by atoms with Gasteiger partial charge in [0.2, 0.25) is 11.8 Å². The number of carbonyl (C=O) groups excluding carboxylic acids is 2. The molecule has 2 fully saturated rings. The van der Waals surface area contributed by atoms with Gasteiger partial charge in [-0.25, -0.2) is 0 Å².